The molecule has 0 spiro atoms. The first-order valence-electron chi connectivity index (χ1n) is 7.29. The van der Waals surface area contributed by atoms with Gasteiger partial charge < -0.3 is 5.32 Å². The highest BCUT2D eigenvalue weighted by Crippen LogP contribution is 2.41. The first-order valence-corrected chi connectivity index (χ1v) is 8.05. The molecule has 1 N–H and O–H groups in total. The highest BCUT2D eigenvalue weighted by molar-refractivity contribution is 6.42. The molecule has 1 saturated carbocycles. The molecule has 1 fully saturated rings. The Kier molecular flexibility index (Phi) is 5.56. The Balaban J connectivity index is 2.24. The monoisotopic (exact) mass is 299 g/mol. The van der Waals surface area contributed by atoms with Crippen molar-refractivity contribution < 1.29 is 0 Å². The minimum absolute atomic E-state index is 0.389. The van der Waals surface area contributed by atoms with E-state index in [4.69, 9.17) is 23.2 Å². The summed E-state index contributed by atoms with van der Waals surface area (Å²) in [6, 6.07) is 6.43. The molecule has 0 bridgehead atoms. The van der Waals surface area contributed by atoms with Crippen molar-refractivity contribution in [2.24, 2.45) is 11.8 Å². The number of benzene rings is 1. The van der Waals surface area contributed by atoms with Gasteiger partial charge in [0.05, 0.1) is 10.0 Å². The second-order valence-corrected chi connectivity index (χ2v) is 6.37. The van der Waals surface area contributed by atoms with Crippen molar-refractivity contribution in [2.45, 2.75) is 45.1 Å². The van der Waals surface area contributed by atoms with Gasteiger partial charge in [0, 0.05) is 6.04 Å². The van der Waals surface area contributed by atoms with Crippen molar-refractivity contribution in [3.63, 3.8) is 0 Å². The van der Waals surface area contributed by atoms with E-state index in [1.807, 2.05) is 12.1 Å². The van der Waals surface area contributed by atoms with Gasteiger partial charge >= 0.3 is 0 Å². The summed E-state index contributed by atoms with van der Waals surface area (Å²) in [5.74, 6) is 1.53. The molecule has 3 unspecified atom stereocenters. The number of nitrogens with one attached hydrogen (secondary N) is 1. The molecule has 106 valence electrons. The molecule has 0 aromatic heterocycles. The lowest BCUT2D eigenvalue weighted by atomic mass is 9.72. The van der Waals surface area contributed by atoms with Crippen LogP contribution >= 0.6 is 23.2 Å². The molecule has 0 amide bonds. The van der Waals surface area contributed by atoms with E-state index in [1.165, 1.54) is 37.7 Å². The molecule has 0 heterocycles. The summed E-state index contributed by atoms with van der Waals surface area (Å²) >= 11 is 12.2. The predicted octanol–water partition coefficient (Wildman–Crippen LogP) is 5.47. The van der Waals surface area contributed by atoms with Gasteiger partial charge in [-0.25, -0.2) is 0 Å². The van der Waals surface area contributed by atoms with Crippen LogP contribution in [0, 0.1) is 11.8 Å². The summed E-state index contributed by atoms with van der Waals surface area (Å²) in [5.41, 5.74) is 1.27. The van der Waals surface area contributed by atoms with E-state index < -0.39 is 0 Å². The van der Waals surface area contributed by atoms with Crippen LogP contribution < -0.4 is 5.32 Å². The van der Waals surface area contributed by atoms with E-state index in [9.17, 15) is 0 Å². The maximum atomic E-state index is 6.16. The summed E-state index contributed by atoms with van der Waals surface area (Å²) < 4.78 is 0. The van der Waals surface area contributed by atoms with Crippen molar-refractivity contribution >= 4 is 23.2 Å². The van der Waals surface area contributed by atoms with Crippen LogP contribution in [0.2, 0.25) is 10.0 Å². The van der Waals surface area contributed by atoms with E-state index in [0.29, 0.717) is 22.0 Å². The zero-order chi connectivity index (χ0) is 13.8. The molecular weight excluding hydrogens is 277 g/mol. The van der Waals surface area contributed by atoms with Gasteiger partial charge in [0.1, 0.15) is 0 Å². The fourth-order valence-electron chi connectivity index (χ4n) is 3.52. The Labute approximate surface area is 126 Å². The highest BCUT2D eigenvalue weighted by Gasteiger charge is 2.31. The summed E-state index contributed by atoms with van der Waals surface area (Å²) in [6.45, 7) is 2.31. The third-order valence-corrected chi connectivity index (χ3v) is 5.27. The fraction of sp³-hybridized carbons (Fsp3) is 0.625. The Bertz CT molecular complexity index is 419. The zero-order valence-corrected chi connectivity index (χ0v) is 13.3. The average Bonchev–Trinajstić information content (AvgIpc) is 2.44. The Morgan fingerprint density at radius 3 is 2.58 bits per heavy atom. The van der Waals surface area contributed by atoms with E-state index >= 15 is 0 Å². The SMILES string of the molecule is CCC1CCCCC1C(NC)c1ccc(Cl)c(Cl)c1. The highest BCUT2D eigenvalue weighted by atomic mass is 35.5. The smallest absolute Gasteiger partial charge is 0.0595 e. The second-order valence-electron chi connectivity index (χ2n) is 5.56. The third kappa shape index (κ3) is 3.45. The summed E-state index contributed by atoms with van der Waals surface area (Å²) in [4.78, 5) is 0. The fourth-order valence-corrected chi connectivity index (χ4v) is 3.82. The molecule has 0 aliphatic heterocycles. The molecule has 2 rings (SSSR count). The van der Waals surface area contributed by atoms with Crippen LogP contribution in [0.4, 0.5) is 0 Å². The average molecular weight is 300 g/mol. The molecule has 1 aliphatic carbocycles. The van der Waals surface area contributed by atoms with Crippen molar-refractivity contribution in [1.29, 1.82) is 0 Å². The van der Waals surface area contributed by atoms with Crippen LogP contribution in [0.3, 0.4) is 0 Å². The minimum Gasteiger partial charge on any atom is -0.313 e. The molecule has 1 aliphatic rings. The molecule has 1 aromatic carbocycles. The van der Waals surface area contributed by atoms with Gasteiger partial charge in [-0.1, -0.05) is 61.9 Å². The van der Waals surface area contributed by atoms with Gasteiger partial charge in [-0.05, 0) is 43.0 Å². The van der Waals surface area contributed by atoms with Crippen molar-refractivity contribution in [1.82, 2.24) is 5.32 Å². The molecule has 1 nitrogen and oxygen atoms in total. The van der Waals surface area contributed by atoms with Crippen molar-refractivity contribution in [2.75, 3.05) is 7.05 Å². The predicted molar refractivity (Wildman–Crippen MR) is 84.0 cm³/mol. The van der Waals surface area contributed by atoms with Crippen LogP contribution in [-0.2, 0) is 0 Å². The topological polar surface area (TPSA) is 12.0 Å². The lowest BCUT2D eigenvalue weighted by Crippen LogP contribution is -2.32. The van der Waals surface area contributed by atoms with Crippen LogP contribution in [-0.4, -0.2) is 7.05 Å². The van der Waals surface area contributed by atoms with Gasteiger partial charge in [-0.2, -0.15) is 0 Å². The largest absolute Gasteiger partial charge is 0.313 e. The van der Waals surface area contributed by atoms with E-state index in [1.54, 1.807) is 0 Å². The first-order chi connectivity index (χ1) is 9.17. The molecule has 19 heavy (non-hydrogen) atoms. The van der Waals surface area contributed by atoms with Gasteiger partial charge in [-0.3, -0.25) is 0 Å². The van der Waals surface area contributed by atoms with Crippen molar-refractivity contribution in [3.8, 4) is 0 Å². The standard InChI is InChI=1S/C16H23Cl2N/c1-3-11-6-4-5-7-13(11)16(19-2)12-8-9-14(17)15(18)10-12/h8-11,13,16,19H,3-7H2,1-2H3. The maximum absolute atomic E-state index is 6.16. The summed E-state index contributed by atoms with van der Waals surface area (Å²) in [5, 5.41) is 4.79. The summed E-state index contributed by atoms with van der Waals surface area (Å²) in [6.07, 6.45) is 6.67. The normalized spacial score (nSPS) is 25.3. The Hall–Kier alpha value is -0.240. The first kappa shape index (κ1) is 15.2. The molecule has 1 aromatic rings. The van der Waals surface area contributed by atoms with Crippen LogP contribution in [0.15, 0.2) is 18.2 Å². The number of halogens is 2. The number of rotatable bonds is 4. The van der Waals surface area contributed by atoms with E-state index in [-0.39, 0.29) is 0 Å². The summed E-state index contributed by atoms with van der Waals surface area (Å²) in [7, 11) is 2.05. The third-order valence-electron chi connectivity index (χ3n) is 4.53. The second kappa shape index (κ2) is 6.97. The maximum Gasteiger partial charge on any atom is 0.0595 e. The molecule has 3 atom stereocenters. The lowest BCUT2D eigenvalue weighted by molar-refractivity contribution is 0.180. The van der Waals surface area contributed by atoms with Gasteiger partial charge in [0.2, 0.25) is 0 Å². The molecule has 0 saturated heterocycles. The van der Waals surface area contributed by atoms with Crippen LogP contribution in [0.25, 0.3) is 0 Å². The van der Waals surface area contributed by atoms with Gasteiger partial charge in [-0.15, -0.1) is 0 Å². The number of hydrogen-bond donors (Lipinski definition) is 1. The molecule has 0 radical (unpaired) electrons. The van der Waals surface area contributed by atoms with Gasteiger partial charge in [0.25, 0.3) is 0 Å². The minimum atomic E-state index is 0.389. The Morgan fingerprint density at radius 1 is 1.21 bits per heavy atom. The van der Waals surface area contributed by atoms with Crippen LogP contribution in [0.5, 0.6) is 0 Å². The van der Waals surface area contributed by atoms with E-state index in [0.717, 1.165) is 5.92 Å². The van der Waals surface area contributed by atoms with Crippen molar-refractivity contribution in [3.05, 3.63) is 33.8 Å². The van der Waals surface area contributed by atoms with E-state index in [2.05, 4.69) is 25.4 Å². The Morgan fingerprint density at radius 2 is 1.95 bits per heavy atom. The number of hydrogen-bond acceptors (Lipinski definition) is 1. The molecule has 3 heteroatoms. The lowest BCUT2D eigenvalue weighted by Gasteiger charge is -2.37. The molecular formula is C16H23Cl2N. The van der Waals surface area contributed by atoms with Gasteiger partial charge in [0.15, 0.2) is 0 Å². The van der Waals surface area contributed by atoms with Crippen LogP contribution in [0.1, 0.15) is 50.6 Å². The quantitative estimate of drug-likeness (QED) is 0.777. The zero-order valence-electron chi connectivity index (χ0n) is 11.8.